The molecule has 0 aliphatic heterocycles. The SMILES string of the molecule is Nc1cnc(Cl)cc1C(=O)Nc1ccc2sccc2c1. The van der Waals surface area contributed by atoms with Gasteiger partial charge in [-0.2, -0.15) is 0 Å². The van der Waals surface area contributed by atoms with Crippen molar-refractivity contribution in [2.75, 3.05) is 11.1 Å². The molecule has 3 rings (SSSR count). The minimum Gasteiger partial charge on any atom is -0.397 e. The molecule has 100 valence electrons. The van der Waals surface area contributed by atoms with Crippen LogP contribution in [-0.4, -0.2) is 10.9 Å². The highest BCUT2D eigenvalue weighted by Gasteiger charge is 2.11. The Morgan fingerprint density at radius 1 is 1.30 bits per heavy atom. The van der Waals surface area contributed by atoms with Crippen LogP contribution in [0.15, 0.2) is 41.9 Å². The van der Waals surface area contributed by atoms with Crippen molar-refractivity contribution in [1.29, 1.82) is 0 Å². The lowest BCUT2D eigenvalue weighted by Crippen LogP contribution is -2.14. The fraction of sp³-hybridized carbons (Fsp3) is 0. The van der Waals surface area contributed by atoms with Crippen molar-refractivity contribution in [3.63, 3.8) is 0 Å². The maximum Gasteiger partial charge on any atom is 0.257 e. The number of amides is 1. The first-order valence-corrected chi connectivity index (χ1v) is 7.09. The van der Waals surface area contributed by atoms with Crippen LogP contribution < -0.4 is 11.1 Å². The van der Waals surface area contributed by atoms with Crippen LogP contribution in [0.3, 0.4) is 0 Å². The normalized spacial score (nSPS) is 10.7. The van der Waals surface area contributed by atoms with Crippen LogP contribution >= 0.6 is 22.9 Å². The van der Waals surface area contributed by atoms with Gasteiger partial charge in [-0.15, -0.1) is 11.3 Å². The van der Waals surface area contributed by atoms with E-state index in [1.165, 1.54) is 17.0 Å². The van der Waals surface area contributed by atoms with E-state index in [1.807, 2.05) is 29.6 Å². The second-order valence-corrected chi connectivity index (χ2v) is 5.56. The molecule has 0 radical (unpaired) electrons. The summed E-state index contributed by atoms with van der Waals surface area (Å²) >= 11 is 7.44. The average Bonchev–Trinajstić information content (AvgIpc) is 2.89. The molecule has 0 atom stereocenters. The van der Waals surface area contributed by atoms with E-state index in [9.17, 15) is 4.79 Å². The molecule has 2 heterocycles. The Hall–Kier alpha value is -2.11. The number of fused-ring (bicyclic) bond motifs is 1. The van der Waals surface area contributed by atoms with Gasteiger partial charge in [-0.3, -0.25) is 4.79 Å². The smallest absolute Gasteiger partial charge is 0.257 e. The van der Waals surface area contributed by atoms with Gasteiger partial charge in [-0.1, -0.05) is 11.6 Å². The van der Waals surface area contributed by atoms with E-state index in [2.05, 4.69) is 10.3 Å². The monoisotopic (exact) mass is 303 g/mol. The van der Waals surface area contributed by atoms with Crippen molar-refractivity contribution in [2.24, 2.45) is 0 Å². The fourth-order valence-electron chi connectivity index (χ4n) is 1.88. The zero-order valence-electron chi connectivity index (χ0n) is 10.3. The summed E-state index contributed by atoms with van der Waals surface area (Å²) in [6, 6.07) is 9.21. The molecule has 0 saturated carbocycles. The Bertz CT molecular complexity index is 800. The standard InChI is InChI=1S/C14H10ClN3OS/c15-13-6-10(11(16)7-17-13)14(19)18-9-1-2-12-8(5-9)3-4-20-12/h1-7H,16H2,(H,18,19). The molecule has 0 bridgehead atoms. The van der Waals surface area contributed by atoms with Crippen LogP contribution in [0.4, 0.5) is 11.4 Å². The molecule has 0 aliphatic rings. The molecule has 3 N–H and O–H groups in total. The number of hydrogen-bond donors (Lipinski definition) is 2. The number of nitrogens with two attached hydrogens (primary N) is 1. The Kier molecular flexibility index (Phi) is 3.30. The summed E-state index contributed by atoms with van der Waals surface area (Å²) < 4.78 is 1.18. The lowest BCUT2D eigenvalue weighted by atomic mass is 10.2. The molecule has 3 aromatic rings. The fourth-order valence-corrected chi connectivity index (χ4v) is 2.81. The highest BCUT2D eigenvalue weighted by molar-refractivity contribution is 7.17. The van der Waals surface area contributed by atoms with E-state index in [4.69, 9.17) is 17.3 Å². The number of pyridine rings is 1. The average molecular weight is 304 g/mol. The number of nitrogen functional groups attached to an aromatic ring is 1. The van der Waals surface area contributed by atoms with Crippen LogP contribution in [0, 0.1) is 0 Å². The number of hydrogen-bond acceptors (Lipinski definition) is 4. The van der Waals surface area contributed by atoms with E-state index in [0.29, 0.717) is 16.9 Å². The van der Waals surface area contributed by atoms with E-state index >= 15 is 0 Å². The predicted octanol–water partition coefficient (Wildman–Crippen LogP) is 3.78. The van der Waals surface area contributed by atoms with Gasteiger partial charge in [-0.25, -0.2) is 4.98 Å². The number of rotatable bonds is 2. The first kappa shape index (κ1) is 12.9. The first-order valence-electron chi connectivity index (χ1n) is 5.83. The molecule has 0 fully saturated rings. The van der Waals surface area contributed by atoms with Gasteiger partial charge >= 0.3 is 0 Å². The third-order valence-corrected chi connectivity index (χ3v) is 3.96. The van der Waals surface area contributed by atoms with E-state index in [-0.39, 0.29) is 11.1 Å². The molecule has 0 saturated heterocycles. The Morgan fingerprint density at radius 2 is 2.15 bits per heavy atom. The molecular weight excluding hydrogens is 294 g/mol. The first-order chi connectivity index (χ1) is 9.63. The number of nitrogens with one attached hydrogen (secondary N) is 1. The third kappa shape index (κ3) is 2.45. The number of anilines is 2. The van der Waals surface area contributed by atoms with Gasteiger partial charge in [0.1, 0.15) is 5.15 Å². The number of benzene rings is 1. The van der Waals surface area contributed by atoms with Crippen molar-refractivity contribution in [3.8, 4) is 0 Å². The van der Waals surface area contributed by atoms with Gasteiger partial charge in [0.25, 0.3) is 5.91 Å². The Balaban J connectivity index is 1.89. The molecule has 1 aromatic carbocycles. The topological polar surface area (TPSA) is 68.0 Å². The maximum atomic E-state index is 12.2. The van der Waals surface area contributed by atoms with E-state index in [1.54, 1.807) is 11.3 Å². The molecular formula is C14H10ClN3OS. The molecule has 1 amide bonds. The van der Waals surface area contributed by atoms with Gasteiger partial charge in [0.05, 0.1) is 17.4 Å². The Morgan fingerprint density at radius 3 is 3.00 bits per heavy atom. The highest BCUT2D eigenvalue weighted by atomic mass is 35.5. The largest absolute Gasteiger partial charge is 0.397 e. The highest BCUT2D eigenvalue weighted by Crippen LogP contribution is 2.25. The van der Waals surface area contributed by atoms with Crippen molar-refractivity contribution in [1.82, 2.24) is 4.98 Å². The maximum absolute atomic E-state index is 12.2. The van der Waals surface area contributed by atoms with Crippen LogP contribution in [0.5, 0.6) is 0 Å². The van der Waals surface area contributed by atoms with Crippen molar-refractivity contribution < 1.29 is 4.79 Å². The number of aromatic nitrogens is 1. The third-order valence-electron chi connectivity index (χ3n) is 2.86. The van der Waals surface area contributed by atoms with Crippen LogP contribution in [-0.2, 0) is 0 Å². The molecule has 0 spiro atoms. The van der Waals surface area contributed by atoms with Crippen molar-refractivity contribution in [2.45, 2.75) is 0 Å². The minimum absolute atomic E-state index is 0.234. The van der Waals surface area contributed by atoms with Crippen molar-refractivity contribution in [3.05, 3.63) is 52.6 Å². The summed E-state index contributed by atoms with van der Waals surface area (Å²) in [4.78, 5) is 16.0. The van der Waals surface area contributed by atoms with Crippen LogP contribution in [0.2, 0.25) is 5.15 Å². The summed E-state index contributed by atoms with van der Waals surface area (Å²) in [5, 5.41) is 6.14. The summed E-state index contributed by atoms with van der Waals surface area (Å²) in [6.07, 6.45) is 1.37. The van der Waals surface area contributed by atoms with Gasteiger partial charge in [0, 0.05) is 10.4 Å². The lowest BCUT2D eigenvalue weighted by molar-refractivity contribution is 0.102. The molecule has 0 unspecified atom stereocenters. The van der Waals surface area contributed by atoms with Gasteiger partial charge in [-0.05, 0) is 41.1 Å². The number of halogens is 1. The summed E-state index contributed by atoms with van der Waals surface area (Å²) in [5.74, 6) is -0.304. The van der Waals surface area contributed by atoms with Gasteiger partial charge in [0.15, 0.2) is 0 Å². The zero-order chi connectivity index (χ0) is 14.1. The molecule has 2 aromatic heterocycles. The summed E-state index contributed by atoms with van der Waals surface area (Å²) in [7, 11) is 0. The zero-order valence-corrected chi connectivity index (χ0v) is 11.8. The van der Waals surface area contributed by atoms with Gasteiger partial charge in [0.2, 0.25) is 0 Å². The second-order valence-electron chi connectivity index (χ2n) is 4.22. The number of carbonyl (C=O) groups excluding carboxylic acids is 1. The summed E-state index contributed by atoms with van der Waals surface area (Å²) in [6.45, 7) is 0. The van der Waals surface area contributed by atoms with Gasteiger partial charge < -0.3 is 11.1 Å². The summed E-state index contributed by atoms with van der Waals surface area (Å²) in [5.41, 5.74) is 7.06. The van der Waals surface area contributed by atoms with Crippen molar-refractivity contribution >= 4 is 50.3 Å². The van der Waals surface area contributed by atoms with Crippen LogP contribution in [0.1, 0.15) is 10.4 Å². The Labute approximate surface area is 124 Å². The molecule has 0 aliphatic carbocycles. The molecule has 20 heavy (non-hydrogen) atoms. The molecule has 6 heteroatoms. The second kappa shape index (κ2) is 5.11. The minimum atomic E-state index is -0.304. The van der Waals surface area contributed by atoms with Crippen LogP contribution in [0.25, 0.3) is 10.1 Å². The molecule has 4 nitrogen and oxygen atoms in total. The lowest BCUT2D eigenvalue weighted by Gasteiger charge is -2.07. The number of thiophene rings is 1. The number of carbonyl (C=O) groups is 1. The number of nitrogens with zero attached hydrogens (tertiary/aromatic N) is 1. The quantitative estimate of drug-likeness (QED) is 0.708. The van der Waals surface area contributed by atoms with E-state index in [0.717, 1.165) is 5.39 Å². The predicted molar refractivity (Wildman–Crippen MR) is 83.4 cm³/mol. The van der Waals surface area contributed by atoms with E-state index < -0.39 is 0 Å².